The summed E-state index contributed by atoms with van der Waals surface area (Å²) >= 11 is 0. The lowest BCUT2D eigenvalue weighted by molar-refractivity contribution is 0.252. The molecule has 2 aromatic heterocycles. The van der Waals surface area contributed by atoms with Crippen molar-refractivity contribution in [3.63, 3.8) is 0 Å². The SMILES string of the molecule is CCCCNC(=O)Nc1ncnc2c1cnn2CCN1CCCCCC1. The molecule has 1 aliphatic heterocycles. The smallest absolute Gasteiger partial charge is 0.320 e. The Morgan fingerprint density at radius 3 is 2.73 bits per heavy atom. The third-order valence-corrected chi connectivity index (χ3v) is 4.81. The topological polar surface area (TPSA) is 88.0 Å². The van der Waals surface area contributed by atoms with E-state index in [9.17, 15) is 4.79 Å². The van der Waals surface area contributed by atoms with E-state index in [1.165, 1.54) is 45.1 Å². The van der Waals surface area contributed by atoms with Gasteiger partial charge in [-0.2, -0.15) is 5.10 Å². The first-order chi connectivity index (χ1) is 12.8. The number of urea groups is 1. The maximum atomic E-state index is 12.0. The van der Waals surface area contributed by atoms with Crippen molar-refractivity contribution in [2.24, 2.45) is 0 Å². The largest absolute Gasteiger partial charge is 0.338 e. The van der Waals surface area contributed by atoms with Gasteiger partial charge in [0.25, 0.3) is 0 Å². The highest BCUT2D eigenvalue weighted by Gasteiger charge is 2.14. The molecule has 3 heterocycles. The zero-order valence-electron chi connectivity index (χ0n) is 15.6. The van der Waals surface area contributed by atoms with Gasteiger partial charge in [-0.15, -0.1) is 0 Å². The highest BCUT2D eigenvalue weighted by molar-refractivity contribution is 5.97. The van der Waals surface area contributed by atoms with Gasteiger partial charge in [0.1, 0.15) is 12.1 Å². The van der Waals surface area contributed by atoms with Gasteiger partial charge < -0.3 is 10.2 Å². The number of anilines is 1. The number of nitrogens with one attached hydrogen (secondary N) is 2. The summed E-state index contributed by atoms with van der Waals surface area (Å²) in [6, 6.07) is -0.240. The maximum Gasteiger partial charge on any atom is 0.320 e. The normalized spacial score (nSPS) is 15.7. The maximum absolute atomic E-state index is 12.0. The standard InChI is InChI=1S/C18H29N7O/c1-2-3-8-19-18(26)23-16-15-13-22-25(17(15)21-14-20-16)12-11-24-9-6-4-5-7-10-24/h13-14H,2-12H2,1H3,(H2,19,20,21,23,26). The molecule has 0 saturated carbocycles. The van der Waals surface area contributed by atoms with Gasteiger partial charge in [-0.1, -0.05) is 26.2 Å². The number of carbonyl (C=O) groups is 1. The summed E-state index contributed by atoms with van der Waals surface area (Å²) in [6.45, 7) is 6.85. The van der Waals surface area contributed by atoms with E-state index in [0.29, 0.717) is 12.4 Å². The molecule has 1 saturated heterocycles. The summed E-state index contributed by atoms with van der Waals surface area (Å²) in [5, 5.41) is 10.9. The fraction of sp³-hybridized carbons (Fsp3) is 0.667. The molecule has 0 atom stereocenters. The second-order valence-electron chi connectivity index (χ2n) is 6.82. The van der Waals surface area contributed by atoms with E-state index in [1.54, 1.807) is 6.20 Å². The molecule has 8 heteroatoms. The lowest BCUT2D eigenvalue weighted by atomic mass is 10.2. The van der Waals surface area contributed by atoms with Crippen LogP contribution in [0.4, 0.5) is 10.6 Å². The van der Waals surface area contributed by atoms with Crippen LogP contribution in [0.1, 0.15) is 45.4 Å². The van der Waals surface area contributed by atoms with E-state index >= 15 is 0 Å². The van der Waals surface area contributed by atoms with Crippen molar-refractivity contribution in [1.82, 2.24) is 30.0 Å². The zero-order valence-corrected chi connectivity index (χ0v) is 15.6. The Kier molecular flexibility index (Phi) is 6.76. The third-order valence-electron chi connectivity index (χ3n) is 4.81. The molecule has 0 radical (unpaired) electrons. The van der Waals surface area contributed by atoms with Crippen molar-refractivity contribution < 1.29 is 4.79 Å². The summed E-state index contributed by atoms with van der Waals surface area (Å²) in [7, 11) is 0. The van der Waals surface area contributed by atoms with Crippen molar-refractivity contribution in [3.8, 4) is 0 Å². The first-order valence-electron chi connectivity index (χ1n) is 9.71. The van der Waals surface area contributed by atoms with Crippen LogP contribution < -0.4 is 10.6 Å². The molecule has 0 aromatic carbocycles. The van der Waals surface area contributed by atoms with Crippen LogP contribution in [0.25, 0.3) is 11.0 Å². The lowest BCUT2D eigenvalue weighted by Crippen LogP contribution is -2.30. The molecule has 1 aliphatic rings. The zero-order chi connectivity index (χ0) is 18.2. The number of nitrogens with zero attached hydrogens (tertiary/aromatic N) is 5. The fourth-order valence-corrected chi connectivity index (χ4v) is 3.28. The van der Waals surface area contributed by atoms with Gasteiger partial charge in [0.15, 0.2) is 5.65 Å². The predicted molar refractivity (Wildman–Crippen MR) is 102 cm³/mol. The number of aromatic nitrogens is 4. The number of hydrogen-bond acceptors (Lipinski definition) is 5. The van der Waals surface area contributed by atoms with Gasteiger partial charge in [0.2, 0.25) is 0 Å². The van der Waals surface area contributed by atoms with Crippen LogP contribution in [0.2, 0.25) is 0 Å². The van der Waals surface area contributed by atoms with Gasteiger partial charge >= 0.3 is 6.03 Å². The Labute approximate surface area is 154 Å². The Morgan fingerprint density at radius 2 is 1.96 bits per heavy atom. The van der Waals surface area contributed by atoms with Crippen LogP contribution in [0.15, 0.2) is 12.5 Å². The Morgan fingerprint density at radius 1 is 1.15 bits per heavy atom. The first kappa shape index (κ1) is 18.6. The minimum absolute atomic E-state index is 0.240. The Bertz CT molecular complexity index is 707. The minimum Gasteiger partial charge on any atom is -0.338 e. The molecule has 0 spiro atoms. The summed E-state index contributed by atoms with van der Waals surface area (Å²) in [5.74, 6) is 0.505. The quantitative estimate of drug-likeness (QED) is 0.742. The fourth-order valence-electron chi connectivity index (χ4n) is 3.28. The van der Waals surface area contributed by atoms with Crippen LogP contribution in [0, 0.1) is 0 Å². The van der Waals surface area contributed by atoms with Crippen LogP contribution in [0.3, 0.4) is 0 Å². The average molecular weight is 359 g/mol. The van der Waals surface area contributed by atoms with Gasteiger partial charge in [-0.3, -0.25) is 5.32 Å². The van der Waals surface area contributed by atoms with E-state index in [2.05, 4.69) is 37.5 Å². The third kappa shape index (κ3) is 4.91. The molecule has 26 heavy (non-hydrogen) atoms. The van der Waals surface area contributed by atoms with Crippen LogP contribution in [-0.4, -0.2) is 56.9 Å². The minimum atomic E-state index is -0.240. The second-order valence-corrected chi connectivity index (χ2v) is 6.82. The summed E-state index contributed by atoms with van der Waals surface area (Å²) in [5.41, 5.74) is 0.763. The van der Waals surface area contributed by atoms with Gasteiger partial charge in [0.05, 0.1) is 18.1 Å². The Balaban J connectivity index is 1.63. The van der Waals surface area contributed by atoms with Gasteiger partial charge in [-0.25, -0.2) is 19.4 Å². The molecule has 2 N–H and O–H groups in total. The molecule has 2 amide bonds. The highest BCUT2D eigenvalue weighted by atomic mass is 16.2. The summed E-state index contributed by atoms with van der Waals surface area (Å²) < 4.78 is 1.90. The molecule has 3 rings (SSSR count). The molecule has 142 valence electrons. The molecule has 1 fully saturated rings. The number of rotatable bonds is 7. The monoisotopic (exact) mass is 359 g/mol. The molecule has 0 unspecified atom stereocenters. The molecule has 0 aliphatic carbocycles. The van der Waals surface area contributed by atoms with Crippen LogP contribution >= 0.6 is 0 Å². The number of carbonyl (C=O) groups excluding carboxylic acids is 1. The van der Waals surface area contributed by atoms with Gasteiger partial charge in [0, 0.05) is 13.1 Å². The molecular formula is C18H29N7O. The van der Waals surface area contributed by atoms with Crippen molar-refractivity contribution >= 4 is 22.9 Å². The van der Waals surface area contributed by atoms with E-state index in [-0.39, 0.29) is 6.03 Å². The number of unbranched alkanes of at least 4 members (excludes halogenated alkanes) is 1. The summed E-state index contributed by atoms with van der Waals surface area (Å²) in [6.07, 6.45) is 10.5. The molecule has 2 aromatic rings. The van der Waals surface area contributed by atoms with E-state index < -0.39 is 0 Å². The highest BCUT2D eigenvalue weighted by Crippen LogP contribution is 2.18. The van der Waals surface area contributed by atoms with E-state index in [4.69, 9.17) is 0 Å². The number of likely N-dealkylation sites (tertiary alicyclic amines) is 1. The number of amides is 2. The average Bonchev–Trinajstić information content (AvgIpc) is 2.88. The molecular weight excluding hydrogens is 330 g/mol. The van der Waals surface area contributed by atoms with Crippen molar-refractivity contribution in [2.75, 3.05) is 31.5 Å². The van der Waals surface area contributed by atoms with Crippen molar-refractivity contribution in [1.29, 1.82) is 0 Å². The predicted octanol–water partition coefficient (Wildman–Crippen LogP) is 2.62. The van der Waals surface area contributed by atoms with Crippen LogP contribution in [0.5, 0.6) is 0 Å². The molecule has 8 nitrogen and oxygen atoms in total. The lowest BCUT2D eigenvalue weighted by Gasteiger charge is -2.19. The van der Waals surface area contributed by atoms with Crippen LogP contribution in [-0.2, 0) is 6.54 Å². The van der Waals surface area contributed by atoms with E-state index in [0.717, 1.165) is 37.0 Å². The van der Waals surface area contributed by atoms with E-state index in [1.807, 2.05) is 4.68 Å². The molecule has 0 bridgehead atoms. The first-order valence-corrected chi connectivity index (χ1v) is 9.71. The van der Waals surface area contributed by atoms with Crippen molar-refractivity contribution in [3.05, 3.63) is 12.5 Å². The Hall–Kier alpha value is -2.22. The van der Waals surface area contributed by atoms with Crippen molar-refractivity contribution in [2.45, 2.75) is 52.0 Å². The number of hydrogen-bond donors (Lipinski definition) is 2. The second kappa shape index (κ2) is 9.47. The summed E-state index contributed by atoms with van der Waals surface area (Å²) in [4.78, 5) is 23.1. The van der Waals surface area contributed by atoms with Gasteiger partial charge in [-0.05, 0) is 32.4 Å². The number of fused-ring (bicyclic) bond motifs is 1.